The average molecular weight is 251 g/mol. The van der Waals surface area contributed by atoms with Gasteiger partial charge in [-0.2, -0.15) is 5.26 Å². The van der Waals surface area contributed by atoms with Gasteiger partial charge in [0.25, 0.3) is 0 Å². The van der Waals surface area contributed by atoms with E-state index in [2.05, 4.69) is 6.07 Å². The molecule has 5 nitrogen and oxygen atoms in total. The first-order valence-electron chi connectivity index (χ1n) is 6.05. The molecular weight excluding hydrogens is 230 g/mol. The molecule has 2 N–H and O–H groups in total. The lowest BCUT2D eigenvalue weighted by molar-refractivity contribution is 0.106. The van der Waals surface area contributed by atoms with E-state index in [-0.39, 0.29) is 5.60 Å². The molecule has 0 radical (unpaired) electrons. The third-order valence-corrected chi connectivity index (χ3v) is 2.26. The van der Waals surface area contributed by atoms with Crippen LogP contribution >= 0.6 is 0 Å². The number of hydrogen-bond acceptors (Lipinski definition) is 4. The van der Waals surface area contributed by atoms with Crippen LogP contribution in [0, 0.1) is 11.3 Å². The van der Waals surface area contributed by atoms with E-state index >= 15 is 0 Å². The van der Waals surface area contributed by atoms with Crippen LogP contribution in [0.4, 0.5) is 5.69 Å². The monoisotopic (exact) mass is 251 g/mol. The summed E-state index contributed by atoms with van der Waals surface area (Å²) in [6.07, 6.45) is 0. The molecule has 1 aromatic rings. The Morgan fingerprint density at radius 3 is 2.61 bits per heavy atom. The first-order valence-corrected chi connectivity index (χ1v) is 6.05. The van der Waals surface area contributed by atoms with E-state index in [1.165, 1.54) is 0 Å². The molecule has 0 atom stereocenters. The minimum Gasteiger partial charge on any atom is -0.472 e. The molecule has 18 heavy (non-hydrogen) atoms. The van der Waals surface area contributed by atoms with Crippen LogP contribution in [-0.4, -0.2) is 23.4 Å². The van der Waals surface area contributed by atoms with Gasteiger partial charge in [-0.1, -0.05) is 0 Å². The van der Waals surface area contributed by atoms with Crippen molar-refractivity contribution >= 4 is 5.69 Å². The Hall–Kier alpha value is -1.67. The predicted octanol–water partition coefficient (Wildman–Crippen LogP) is 2.16. The highest BCUT2D eigenvalue weighted by molar-refractivity contribution is 5.55. The maximum absolute atomic E-state index is 9.09. The van der Waals surface area contributed by atoms with Crippen molar-refractivity contribution in [2.45, 2.75) is 39.8 Å². The molecule has 0 saturated heterocycles. The quantitative estimate of drug-likeness (QED) is 0.814. The van der Waals surface area contributed by atoms with E-state index in [1.54, 1.807) is 10.6 Å². The summed E-state index contributed by atoms with van der Waals surface area (Å²) in [5, 5.41) is 9.09. The van der Waals surface area contributed by atoms with Crippen molar-refractivity contribution in [3.05, 3.63) is 11.8 Å². The molecule has 0 aromatic carbocycles. The van der Waals surface area contributed by atoms with Crippen LogP contribution in [0.15, 0.2) is 6.07 Å². The molecule has 0 unspecified atom stereocenters. The number of anilines is 1. The Balaban J connectivity index is 3.00. The molecule has 0 spiro atoms. The van der Waals surface area contributed by atoms with E-state index in [1.807, 2.05) is 27.7 Å². The van der Waals surface area contributed by atoms with E-state index < -0.39 is 0 Å². The SMILES string of the molecule is CCOCCn1c(C#N)cc(N)c1OC(C)(C)C. The summed E-state index contributed by atoms with van der Waals surface area (Å²) >= 11 is 0. The number of nitriles is 1. The zero-order valence-electron chi connectivity index (χ0n) is 11.5. The van der Waals surface area contributed by atoms with Crippen molar-refractivity contribution in [2.24, 2.45) is 0 Å². The fraction of sp³-hybridized carbons (Fsp3) is 0.615. The Kier molecular flexibility index (Phi) is 4.62. The zero-order chi connectivity index (χ0) is 13.8. The summed E-state index contributed by atoms with van der Waals surface area (Å²) < 4.78 is 12.9. The second-order valence-corrected chi connectivity index (χ2v) is 4.96. The Morgan fingerprint density at radius 2 is 2.11 bits per heavy atom. The molecule has 0 saturated carbocycles. The number of aromatic nitrogens is 1. The molecule has 5 heteroatoms. The molecule has 100 valence electrons. The minimum atomic E-state index is -0.359. The van der Waals surface area contributed by atoms with Gasteiger partial charge in [-0.15, -0.1) is 0 Å². The molecule has 1 aromatic heterocycles. The molecule has 0 aliphatic carbocycles. The highest BCUT2D eigenvalue weighted by Gasteiger charge is 2.20. The summed E-state index contributed by atoms with van der Waals surface area (Å²) in [5.41, 5.74) is 6.51. The van der Waals surface area contributed by atoms with Gasteiger partial charge in [0.15, 0.2) is 0 Å². The molecule has 1 heterocycles. The van der Waals surface area contributed by atoms with Crippen molar-refractivity contribution in [2.75, 3.05) is 18.9 Å². The Bertz CT molecular complexity index is 438. The van der Waals surface area contributed by atoms with Crippen LogP contribution in [0.25, 0.3) is 0 Å². The van der Waals surface area contributed by atoms with Crippen LogP contribution in [-0.2, 0) is 11.3 Å². The van der Waals surface area contributed by atoms with Gasteiger partial charge in [0.2, 0.25) is 5.88 Å². The lowest BCUT2D eigenvalue weighted by atomic mass is 10.2. The molecule has 1 rings (SSSR count). The normalized spacial score (nSPS) is 11.3. The fourth-order valence-electron chi connectivity index (χ4n) is 1.57. The Labute approximate surface area is 108 Å². The number of nitrogens with two attached hydrogens (primary N) is 1. The minimum absolute atomic E-state index is 0.359. The maximum Gasteiger partial charge on any atom is 0.219 e. The van der Waals surface area contributed by atoms with Gasteiger partial charge >= 0.3 is 0 Å². The first-order chi connectivity index (χ1) is 8.39. The summed E-state index contributed by atoms with van der Waals surface area (Å²) in [6.45, 7) is 9.49. The lowest BCUT2D eigenvalue weighted by Gasteiger charge is -2.23. The fourth-order valence-corrected chi connectivity index (χ4v) is 1.57. The van der Waals surface area contributed by atoms with Gasteiger partial charge in [-0.25, -0.2) is 0 Å². The van der Waals surface area contributed by atoms with Crippen LogP contribution in [0.1, 0.15) is 33.4 Å². The van der Waals surface area contributed by atoms with Gasteiger partial charge in [0, 0.05) is 12.7 Å². The van der Waals surface area contributed by atoms with Crippen molar-refractivity contribution in [3.63, 3.8) is 0 Å². The molecule has 0 amide bonds. The number of ether oxygens (including phenoxy) is 2. The maximum atomic E-state index is 9.09. The second-order valence-electron chi connectivity index (χ2n) is 4.96. The van der Waals surface area contributed by atoms with Crippen molar-refractivity contribution < 1.29 is 9.47 Å². The molecule has 0 fully saturated rings. The van der Waals surface area contributed by atoms with E-state index in [0.717, 1.165) is 0 Å². The predicted molar refractivity (Wildman–Crippen MR) is 70.4 cm³/mol. The molecule has 0 bridgehead atoms. The number of nitrogens with zero attached hydrogens (tertiary/aromatic N) is 2. The summed E-state index contributed by atoms with van der Waals surface area (Å²) in [4.78, 5) is 0. The van der Waals surface area contributed by atoms with Crippen LogP contribution in [0.5, 0.6) is 5.88 Å². The van der Waals surface area contributed by atoms with Gasteiger partial charge in [-0.05, 0) is 27.7 Å². The summed E-state index contributed by atoms with van der Waals surface area (Å²) in [6, 6.07) is 3.75. The number of rotatable bonds is 5. The standard InChI is InChI=1S/C13H21N3O2/c1-5-17-7-6-16-10(9-14)8-11(15)12(16)18-13(2,3)4/h8H,5-7,15H2,1-4H3. The van der Waals surface area contributed by atoms with Crippen molar-refractivity contribution in [1.82, 2.24) is 4.57 Å². The smallest absolute Gasteiger partial charge is 0.219 e. The highest BCUT2D eigenvalue weighted by Crippen LogP contribution is 2.29. The Morgan fingerprint density at radius 1 is 1.44 bits per heavy atom. The average Bonchev–Trinajstić information content (AvgIpc) is 2.55. The molecular formula is C13H21N3O2. The van der Waals surface area contributed by atoms with Gasteiger partial charge in [0.05, 0.1) is 18.8 Å². The van der Waals surface area contributed by atoms with Crippen LogP contribution in [0.2, 0.25) is 0 Å². The lowest BCUT2D eigenvalue weighted by Crippen LogP contribution is -2.25. The molecule has 0 aliphatic rings. The van der Waals surface area contributed by atoms with Crippen LogP contribution < -0.4 is 10.5 Å². The second kappa shape index (κ2) is 5.78. The third kappa shape index (κ3) is 3.67. The van der Waals surface area contributed by atoms with Gasteiger partial charge < -0.3 is 15.2 Å². The first kappa shape index (κ1) is 14.4. The molecule has 0 aliphatic heterocycles. The van der Waals surface area contributed by atoms with Crippen molar-refractivity contribution in [3.8, 4) is 11.9 Å². The van der Waals surface area contributed by atoms with Crippen molar-refractivity contribution in [1.29, 1.82) is 5.26 Å². The van der Waals surface area contributed by atoms with E-state index in [0.29, 0.717) is 37.0 Å². The summed E-state index contributed by atoms with van der Waals surface area (Å²) in [7, 11) is 0. The third-order valence-electron chi connectivity index (χ3n) is 2.26. The highest BCUT2D eigenvalue weighted by atomic mass is 16.5. The largest absolute Gasteiger partial charge is 0.472 e. The zero-order valence-corrected chi connectivity index (χ0v) is 11.5. The number of nitrogen functional groups attached to an aromatic ring is 1. The van der Waals surface area contributed by atoms with Crippen LogP contribution in [0.3, 0.4) is 0 Å². The topological polar surface area (TPSA) is 73.2 Å². The van der Waals surface area contributed by atoms with E-state index in [9.17, 15) is 0 Å². The summed E-state index contributed by atoms with van der Waals surface area (Å²) in [5.74, 6) is 0.541. The number of hydrogen-bond donors (Lipinski definition) is 1. The van der Waals surface area contributed by atoms with Gasteiger partial charge in [0.1, 0.15) is 17.4 Å². The van der Waals surface area contributed by atoms with E-state index in [4.69, 9.17) is 20.5 Å². The van der Waals surface area contributed by atoms with Gasteiger partial charge in [-0.3, -0.25) is 4.57 Å².